The molecule has 0 saturated carbocycles. The minimum Gasteiger partial charge on any atom is -0.318 e. The van der Waals surface area contributed by atoms with Gasteiger partial charge in [-0.05, 0) is 61.2 Å². The van der Waals surface area contributed by atoms with Crippen LogP contribution in [0.3, 0.4) is 0 Å². The number of rotatable bonds is 7. The van der Waals surface area contributed by atoms with E-state index in [4.69, 9.17) is 31.5 Å². The molecule has 0 rings (SSSR count). The van der Waals surface area contributed by atoms with E-state index in [1.54, 1.807) is 0 Å². The summed E-state index contributed by atoms with van der Waals surface area (Å²) in [5, 5.41) is 3.13. The van der Waals surface area contributed by atoms with E-state index in [1.807, 2.05) is 27.7 Å². The Bertz CT molecular complexity index is 206. The van der Waals surface area contributed by atoms with Crippen LogP contribution in [0, 0.1) is 0 Å². The highest BCUT2D eigenvalue weighted by atomic mass is 35.7. The minimum atomic E-state index is -2.38. The topological polar surface area (TPSA) is 30.5 Å². The Balaban J connectivity index is 4.43. The second kappa shape index (κ2) is 6.69. The van der Waals surface area contributed by atoms with Crippen molar-refractivity contribution in [1.29, 1.82) is 0 Å². The summed E-state index contributed by atoms with van der Waals surface area (Å²) in [6, 6.07) is 0. The summed E-state index contributed by atoms with van der Waals surface area (Å²) in [5.41, 5.74) is 0. The number of hydrogen-bond donors (Lipinski definition) is 1. The molecular weight excluding hydrogens is 261 g/mol. The van der Waals surface area contributed by atoms with Gasteiger partial charge in [-0.15, -0.1) is 0 Å². The van der Waals surface area contributed by atoms with Crippen LogP contribution in [0.5, 0.6) is 0 Å². The Morgan fingerprint density at radius 3 is 2.07 bits per heavy atom. The molecule has 0 aromatic carbocycles. The fraction of sp³-hybridized carbons (Fsp3) is 1.00. The molecule has 14 heavy (non-hydrogen) atoms. The van der Waals surface area contributed by atoms with Gasteiger partial charge in [0.1, 0.15) is 0 Å². The first-order chi connectivity index (χ1) is 6.39. The van der Waals surface area contributed by atoms with Gasteiger partial charge in [-0.3, -0.25) is 0 Å². The largest absolute Gasteiger partial charge is 0.318 e. The van der Waals surface area contributed by atoms with Gasteiger partial charge in [0.25, 0.3) is 6.64 Å². The maximum atomic E-state index is 5.71. The molecule has 0 bridgehead atoms. The molecule has 0 spiro atoms. The van der Waals surface area contributed by atoms with Gasteiger partial charge in [0.05, 0.1) is 18.1 Å². The molecule has 0 heterocycles. The maximum Gasteiger partial charge on any atom is 0.262 e. The van der Waals surface area contributed by atoms with Crippen LogP contribution in [-0.2, 0) is 20.9 Å². The highest BCUT2D eigenvalue weighted by Crippen LogP contribution is 2.48. The minimum absolute atomic E-state index is 0.346. The predicted octanol–water partition coefficient (Wildman–Crippen LogP) is 3.50. The maximum absolute atomic E-state index is 5.71. The number of nitrogens with one attached hydrogen (secondary N) is 1. The molecule has 0 unspecified atom stereocenters. The van der Waals surface area contributed by atoms with E-state index in [1.165, 1.54) is 11.0 Å². The Morgan fingerprint density at radius 1 is 1.36 bits per heavy atom. The van der Waals surface area contributed by atoms with Crippen LogP contribution in [0.15, 0.2) is 0 Å². The summed E-state index contributed by atoms with van der Waals surface area (Å²) in [4.78, 5) is -0.346. The molecule has 0 saturated heterocycles. The number of hydrogen-bond acceptors (Lipinski definition) is 4. The fourth-order valence-corrected chi connectivity index (χ4v) is 4.63. The first kappa shape index (κ1) is 15.2. The highest BCUT2D eigenvalue weighted by Gasteiger charge is 2.28. The van der Waals surface area contributed by atoms with Crippen LogP contribution in [0.2, 0.25) is 0 Å². The summed E-state index contributed by atoms with van der Waals surface area (Å²) in [7, 11) is 6.88. The number of halogens is 1. The predicted molar refractivity (Wildman–Crippen MR) is 68.2 cm³/mol. The quantitative estimate of drug-likeness (QED) is 0.568. The first-order valence-electron chi connectivity index (χ1n) is 4.37. The van der Waals surface area contributed by atoms with Crippen LogP contribution >= 0.6 is 28.3 Å². The average Bonchev–Trinajstić information content (AvgIpc) is 2.03. The van der Waals surface area contributed by atoms with Crippen molar-refractivity contribution in [2.24, 2.45) is 0 Å². The molecule has 86 valence electrons. The zero-order valence-electron chi connectivity index (χ0n) is 8.87. The second-order valence-corrected chi connectivity index (χ2v) is 7.85. The van der Waals surface area contributed by atoms with E-state index in [0.717, 1.165) is 0 Å². The van der Waals surface area contributed by atoms with E-state index in [-0.39, 0.29) is 4.87 Å². The van der Waals surface area contributed by atoms with Crippen molar-refractivity contribution in [2.75, 3.05) is 13.2 Å². The monoisotopic (exact) mass is 277 g/mol. The molecule has 0 aromatic heterocycles. The van der Waals surface area contributed by atoms with Crippen molar-refractivity contribution < 1.29 is 9.05 Å². The molecular formula is C7H17ClNO2PS2. The van der Waals surface area contributed by atoms with Crippen molar-refractivity contribution in [3.63, 3.8) is 0 Å². The fourth-order valence-electron chi connectivity index (χ4n) is 0.789. The molecule has 0 aromatic rings. The lowest BCUT2D eigenvalue weighted by Crippen LogP contribution is -2.33. The van der Waals surface area contributed by atoms with Gasteiger partial charge in [0, 0.05) is 0 Å². The Kier molecular flexibility index (Phi) is 7.25. The van der Waals surface area contributed by atoms with Crippen LogP contribution in [0.1, 0.15) is 27.7 Å². The molecule has 0 amide bonds. The van der Waals surface area contributed by atoms with E-state index in [0.29, 0.717) is 13.2 Å². The van der Waals surface area contributed by atoms with Gasteiger partial charge >= 0.3 is 0 Å². The third-order valence-electron chi connectivity index (χ3n) is 1.20. The zero-order chi connectivity index (χ0) is 11.2. The average molecular weight is 278 g/mol. The third kappa shape index (κ3) is 5.91. The molecule has 0 radical (unpaired) electrons. The Labute approximate surface area is 100.0 Å². The summed E-state index contributed by atoms with van der Waals surface area (Å²) >= 11 is 5.30. The molecule has 0 aliphatic heterocycles. The van der Waals surface area contributed by atoms with Crippen molar-refractivity contribution in [3.05, 3.63) is 0 Å². The molecule has 0 aliphatic carbocycles. The molecule has 0 atom stereocenters. The summed E-state index contributed by atoms with van der Waals surface area (Å²) in [5.74, 6) is 0. The lowest BCUT2D eigenvalue weighted by atomic mass is 10.4. The van der Waals surface area contributed by atoms with E-state index < -0.39 is 6.64 Å². The second-order valence-electron chi connectivity index (χ2n) is 3.03. The standard InChI is InChI=1S/C7H17ClNO2PS2/c1-5-10-12(13,11-6-2)9-7(3,4)14-8/h5-6H2,1-4H3,(H,9,13). The molecule has 3 nitrogen and oxygen atoms in total. The van der Waals surface area contributed by atoms with Gasteiger partial charge in [-0.2, -0.15) is 0 Å². The van der Waals surface area contributed by atoms with E-state index >= 15 is 0 Å². The van der Waals surface area contributed by atoms with Gasteiger partial charge in [-0.25, -0.2) is 5.09 Å². The van der Waals surface area contributed by atoms with Crippen LogP contribution in [0.25, 0.3) is 0 Å². The van der Waals surface area contributed by atoms with Gasteiger partial charge in [-0.1, -0.05) is 0 Å². The summed E-state index contributed by atoms with van der Waals surface area (Å²) < 4.78 is 10.9. The zero-order valence-corrected chi connectivity index (χ0v) is 12.2. The Hall–Kier alpha value is 1.17. The highest BCUT2D eigenvalue weighted by molar-refractivity contribution is 8.22. The van der Waals surface area contributed by atoms with E-state index in [2.05, 4.69) is 5.09 Å². The van der Waals surface area contributed by atoms with Crippen LogP contribution < -0.4 is 5.09 Å². The van der Waals surface area contributed by atoms with Crippen molar-refractivity contribution in [2.45, 2.75) is 32.6 Å². The molecule has 0 fully saturated rings. The van der Waals surface area contributed by atoms with Crippen molar-refractivity contribution in [3.8, 4) is 0 Å². The molecule has 0 aliphatic rings. The third-order valence-corrected chi connectivity index (χ3v) is 5.93. The normalized spacial score (nSPS) is 13.2. The molecule has 1 N–H and O–H groups in total. The van der Waals surface area contributed by atoms with Crippen LogP contribution in [-0.4, -0.2) is 18.1 Å². The van der Waals surface area contributed by atoms with Crippen molar-refractivity contribution in [1.82, 2.24) is 5.09 Å². The summed E-state index contributed by atoms with van der Waals surface area (Å²) in [6.07, 6.45) is 0. The van der Waals surface area contributed by atoms with Gasteiger partial charge in [0.15, 0.2) is 0 Å². The smallest absolute Gasteiger partial charge is 0.262 e. The lowest BCUT2D eigenvalue weighted by molar-refractivity contribution is 0.254. The lowest BCUT2D eigenvalue weighted by Gasteiger charge is -2.30. The van der Waals surface area contributed by atoms with Crippen molar-refractivity contribution >= 4 is 40.1 Å². The van der Waals surface area contributed by atoms with E-state index in [9.17, 15) is 0 Å². The van der Waals surface area contributed by atoms with Crippen LogP contribution in [0.4, 0.5) is 0 Å². The Morgan fingerprint density at radius 2 is 1.79 bits per heavy atom. The van der Waals surface area contributed by atoms with Gasteiger partial charge < -0.3 is 9.05 Å². The van der Waals surface area contributed by atoms with Gasteiger partial charge in [0.2, 0.25) is 0 Å². The summed E-state index contributed by atoms with van der Waals surface area (Å²) in [6.45, 7) is 6.34. The first-order valence-corrected chi connectivity index (χ1v) is 8.65. The SMILES string of the molecule is CCOP(=S)(NC(C)(C)SCl)OCC. The molecule has 7 heteroatoms.